The van der Waals surface area contributed by atoms with Crippen LogP contribution in [0.2, 0.25) is 0 Å². The van der Waals surface area contributed by atoms with Gasteiger partial charge in [-0.15, -0.1) is 0 Å². The van der Waals surface area contributed by atoms with Crippen LogP contribution in [0.1, 0.15) is 122 Å². The third-order valence-corrected chi connectivity index (χ3v) is 12.2. The molecule has 34 heavy (non-hydrogen) atoms. The first kappa shape index (κ1) is 24.9. The summed E-state index contributed by atoms with van der Waals surface area (Å²) >= 11 is 0. The first-order valence-electron chi connectivity index (χ1n) is 15.4. The molecule has 0 bridgehead atoms. The third kappa shape index (κ3) is 4.54. The molecule has 9 atom stereocenters. The van der Waals surface area contributed by atoms with E-state index in [9.17, 15) is 0 Å². The molecule has 4 fully saturated rings. The molecule has 6 unspecified atom stereocenters. The summed E-state index contributed by atoms with van der Waals surface area (Å²) in [5.74, 6) is 7.11. The van der Waals surface area contributed by atoms with Crippen LogP contribution >= 0.6 is 0 Å². The maximum Gasteiger partial charge on any atom is -0.0248 e. The molecule has 0 heterocycles. The van der Waals surface area contributed by atoms with Gasteiger partial charge >= 0.3 is 0 Å². The van der Waals surface area contributed by atoms with Crippen LogP contribution in [0.4, 0.5) is 0 Å². The van der Waals surface area contributed by atoms with E-state index in [-0.39, 0.29) is 0 Å². The van der Waals surface area contributed by atoms with E-state index in [1.54, 1.807) is 37.7 Å². The zero-order valence-corrected chi connectivity index (χ0v) is 23.3. The number of fused-ring (bicyclic) bond motifs is 5. The van der Waals surface area contributed by atoms with E-state index in [0.29, 0.717) is 10.8 Å². The van der Waals surface area contributed by atoms with E-state index in [4.69, 9.17) is 0 Å². The van der Waals surface area contributed by atoms with Crippen molar-refractivity contribution in [1.82, 2.24) is 0 Å². The van der Waals surface area contributed by atoms with Gasteiger partial charge in [-0.2, -0.15) is 0 Å². The zero-order valence-electron chi connectivity index (χ0n) is 23.3. The molecule has 4 saturated carbocycles. The lowest BCUT2D eigenvalue weighted by molar-refractivity contribution is -0.0845. The topological polar surface area (TPSA) is 0 Å². The lowest BCUT2D eigenvalue weighted by atomic mass is 9.47. The summed E-state index contributed by atoms with van der Waals surface area (Å²) in [6, 6.07) is 9.37. The Morgan fingerprint density at radius 3 is 2.50 bits per heavy atom. The Labute approximate surface area is 212 Å². The van der Waals surface area contributed by atoms with Crippen LogP contribution in [0, 0.1) is 59.2 Å². The van der Waals surface area contributed by atoms with Crippen molar-refractivity contribution in [3.63, 3.8) is 0 Å². The normalized spacial score (nSPS) is 42.5. The lowest BCUT2D eigenvalue weighted by Gasteiger charge is -2.58. The van der Waals surface area contributed by atoms with E-state index >= 15 is 0 Å². The van der Waals surface area contributed by atoms with Crippen LogP contribution in [0.3, 0.4) is 0 Å². The van der Waals surface area contributed by atoms with Gasteiger partial charge in [0.25, 0.3) is 0 Å². The SMILES string of the molecule is CCCCC1(C)CCC2C(CC[C@@H]3[C@@H]2CCC2(C)C(C(CC)Cc4cccc(C)c4)CC[C@@H]32)C1. The fourth-order valence-corrected chi connectivity index (χ4v) is 10.5. The standard InChI is InChI=1S/C34H54/c1-6-8-18-33(4)19-16-28-27(23-33)12-13-30-29(28)17-20-34(5)31(14-15-32(30)34)26(7-2)22-25-11-9-10-24(3)21-25/h9-11,21,26-32H,6-8,12-20,22-23H2,1-5H3/t26?,27?,28?,29-,30-,31?,32+,33?,34?/m1/s1. The molecule has 0 radical (unpaired) electrons. The summed E-state index contributed by atoms with van der Waals surface area (Å²) in [5.41, 5.74) is 4.29. The first-order valence-corrected chi connectivity index (χ1v) is 15.4. The van der Waals surface area contributed by atoms with Crippen LogP contribution < -0.4 is 0 Å². The number of benzene rings is 1. The summed E-state index contributed by atoms with van der Waals surface area (Å²) in [4.78, 5) is 0. The van der Waals surface area contributed by atoms with Gasteiger partial charge < -0.3 is 0 Å². The highest BCUT2D eigenvalue weighted by Crippen LogP contribution is 2.66. The van der Waals surface area contributed by atoms with Gasteiger partial charge in [0.15, 0.2) is 0 Å². The minimum Gasteiger partial charge on any atom is -0.0654 e. The molecule has 0 aromatic heterocycles. The average molecular weight is 463 g/mol. The van der Waals surface area contributed by atoms with Crippen LogP contribution in [-0.2, 0) is 6.42 Å². The lowest BCUT2D eigenvalue weighted by Crippen LogP contribution is -2.50. The molecule has 5 rings (SSSR count). The Hall–Kier alpha value is -0.780. The summed E-state index contributed by atoms with van der Waals surface area (Å²) in [6.45, 7) is 12.5. The molecular weight excluding hydrogens is 408 g/mol. The van der Waals surface area contributed by atoms with Gasteiger partial charge in [-0.1, -0.05) is 76.8 Å². The number of rotatable bonds is 7. The predicted octanol–water partition coefficient (Wildman–Crippen LogP) is 10.0. The fourth-order valence-electron chi connectivity index (χ4n) is 10.5. The molecule has 190 valence electrons. The summed E-state index contributed by atoms with van der Waals surface area (Å²) < 4.78 is 0. The van der Waals surface area contributed by atoms with Gasteiger partial charge in [0.1, 0.15) is 0 Å². The van der Waals surface area contributed by atoms with Crippen molar-refractivity contribution < 1.29 is 0 Å². The number of aryl methyl sites for hydroxylation is 1. The smallest absolute Gasteiger partial charge is 0.0248 e. The summed E-state index contributed by atoms with van der Waals surface area (Å²) in [6.07, 6.45) is 20.9. The van der Waals surface area contributed by atoms with E-state index in [1.807, 2.05) is 0 Å². The highest BCUT2D eigenvalue weighted by atomic mass is 14.6. The monoisotopic (exact) mass is 462 g/mol. The van der Waals surface area contributed by atoms with Gasteiger partial charge in [0.2, 0.25) is 0 Å². The fraction of sp³-hybridized carbons (Fsp3) is 0.824. The highest BCUT2D eigenvalue weighted by Gasteiger charge is 2.58. The molecule has 1 aromatic rings. The Bertz CT molecular complexity index is 823. The maximum atomic E-state index is 2.76. The Morgan fingerprint density at radius 1 is 0.912 bits per heavy atom. The van der Waals surface area contributed by atoms with Gasteiger partial charge in [-0.05, 0) is 135 Å². The molecular formula is C34H54. The Balaban J connectivity index is 1.28. The second-order valence-corrected chi connectivity index (χ2v) is 14.2. The second-order valence-electron chi connectivity index (χ2n) is 14.2. The van der Waals surface area contributed by atoms with Crippen LogP contribution in [-0.4, -0.2) is 0 Å². The number of hydrogen-bond acceptors (Lipinski definition) is 0. The highest BCUT2D eigenvalue weighted by molar-refractivity contribution is 5.23. The molecule has 0 aliphatic heterocycles. The van der Waals surface area contributed by atoms with Crippen molar-refractivity contribution in [1.29, 1.82) is 0 Å². The quantitative estimate of drug-likeness (QED) is 0.378. The van der Waals surface area contributed by atoms with Crippen LogP contribution in [0.15, 0.2) is 24.3 Å². The minimum absolute atomic E-state index is 0.614. The molecule has 0 spiro atoms. The first-order chi connectivity index (χ1) is 16.4. The van der Waals surface area contributed by atoms with Gasteiger partial charge in [-0.25, -0.2) is 0 Å². The third-order valence-electron chi connectivity index (χ3n) is 12.2. The largest absolute Gasteiger partial charge is 0.0654 e. The molecule has 0 amide bonds. The van der Waals surface area contributed by atoms with Crippen LogP contribution in [0.25, 0.3) is 0 Å². The molecule has 0 saturated heterocycles. The van der Waals surface area contributed by atoms with Crippen molar-refractivity contribution in [3.8, 4) is 0 Å². The molecule has 1 aromatic carbocycles. The number of hydrogen-bond donors (Lipinski definition) is 0. The molecule has 0 heteroatoms. The summed E-state index contributed by atoms with van der Waals surface area (Å²) in [7, 11) is 0. The summed E-state index contributed by atoms with van der Waals surface area (Å²) in [5, 5.41) is 0. The minimum atomic E-state index is 0.614. The van der Waals surface area contributed by atoms with Gasteiger partial charge in [0, 0.05) is 0 Å². The Kier molecular flexibility index (Phi) is 7.27. The molecule has 0 nitrogen and oxygen atoms in total. The molecule has 4 aliphatic rings. The molecule has 0 N–H and O–H groups in total. The van der Waals surface area contributed by atoms with E-state index in [1.165, 1.54) is 63.4 Å². The predicted molar refractivity (Wildman–Crippen MR) is 147 cm³/mol. The molecule has 4 aliphatic carbocycles. The second kappa shape index (κ2) is 9.94. The van der Waals surface area contributed by atoms with Crippen molar-refractivity contribution in [2.45, 2.75) is 125 Å². The van der Waals surface area contributed by atoms with Crippen molar-refractivity contribution in [2.75, 3.05) is 0 Å². The maximum absolute atomic E-state index is 2.76. The van der Waals surface area contributed by atoms with E-state index in [2.05, 4.69) is 58.9 Å². The average Bonchev–Trinajstić information content (AvgIpc) is 3.18. The van der Waals surface area contributed by atoms with Crippen molar-refractivity contribution in [2.24, 2.45) is 52.3 Å². The van der Waals surface area contributed by atoms with Gasteiger partial charge in [0.05, 0.1) is 0 Å². The van der Waals surface area contributed by atoms with Gasteiger partial charge in [-0.3, -0.25) is 0 Å². The van der Waals surface area contributed by atoms with E-state index in [0.717, 1.165) is 41.4 Å². The van der Waals surface area contributed by atoms with Crippen LogP contribution in [0.5, 0.6) is 0 Å². The van der Waals surface area contributed by atoms with E-state index < -0.39 is 0 Å². The Morgan fingerprint density at radius 2 is 1.74 bits per heavy atom. The van der Waals surface area contributed by atoms with Crippen molar-refractivity contribution >= 4 is 0 Å². The number of unbranched alkanes of at least 4 members (excludes halogenated alkanes) is 1. The van der Waals surface area contributed by atoms with Crippen molar-refractivity contribution in [3.05, 3.63) is 35.4 Å². The zero-order chi connectivity index (χ0) is 23.9.